The zero-order chi connectivity index (χ0) is 16.2. The van der Waals surface area contributed by atoms with Crippen molar-refractivity contribution < 1.29 is 19.1 Å². The number of carbonyl (C=O) groups is 2. The Morgan fingerprint density at radius 2 is 1.82 bits per heavy atom. The Balaban J connectivity index is 1.99. The first kappa shape index (κ1) is 16.6. The third-order valence-corrected chi connectivity index (χ3v) is 4.16. The van der Waals surface area contributed by atoms with Crippen molar-refractivity contribution in [2.75, 3.05) is 32.2 Å². The van der Waals surface area contributed by atoms with E-state index < -0.39 is 5.41 Å². The van der Waals surface area contributed by atoms with Crippen molar-refractivity contribution in [2.45, 2.75) is 13.8 Å². The van der Waals surface area contributed by atoms with E-state index >= 15 is 0 Å². The highest BCUT2D eigenvalue weighted by Crippen LogP contribution is 2.34. The summed E-state index contributed by atoms with van der Waals surface area (Å²) in [5, 5.41) is 0. The monoisotopic (exact) mass is 325 g/mol. The molecule has 2 rings (SSSR count). The average molecular weight is 326 g/mol. The lowest BCUT2D eigenvalue weighted by Gasteiger charge is -2.46. The maximum atomic E-state index is 12.4. The van der Waals surface area contributed by atoms with Gasteiger partial charge in [0.1, 0.15) is 11.2 Å². The fourth-order valence-corrected chi connectivity index (χ4v) is 2.70. The maximum Gasteiger partial charge on any atom is 0.316 e. The van der Waals surface area contributed by atoms with Crippen molar-refractivity contribution >= 4 is 23.5 Å². The van der Waals surface area contributed by atoms with Crippen molar-refractivity contribution in [1.82, 2.24) is 4.90 Å². The molecule has 0 aliphatic carbocycles. The minimum atomic E-state index is -0.765. The van der Waals surface area contributed by atoms with E-state index in [0.29, 0.717) is 31.9 Å². The van der Waals surface area contributed by atoms with E-state index in [4.69, 9.17) is 21.1 Å². The largest absolute Gasteiger partial charge is 0.494 e. The van der Waals surface area contributed by atoms with E-state index in [1.807, 2.05) is 6.92 Å². The summed E-state index contributed by atoms with van der Waals surface area (Å²) in [4.78, 5) is 25.9. The van der Waals surface area contributed by atoms with E-state index in [1.54, 1.807) is 36.1 Å². The van der Waals surface area contributed by atoms with Crippen LogP contribution in [0.15, 0.2) is 24.3 Å². The second kappa shape index (κ2) is 7.01. The van der Waals surface area contributed by atoms with E-state index in [2.05, 4.69) is 0 Å². The van der Waals surface area contributed by atoms with Gasteiger partial charge in [0.05, 0.1) is 13.2 Å². The SMILES string of the molecule is CCOC(=O)C1(CCl)CN(C(=O)c2ccc(OCC)cc2)C1. The highest BCUT2D eigenvalue weighted by Gasteiger charge is 2.51. The molecule has 0 atom stereocenters. The summed E-state index contributed by atoms with van der Waals surface area (Å²) in [6, 6.07) is 6.96. The number of hydrogen-bond acceptors (Lipinski definition) is 4. The zero-order valence-corrected chi connectivity index (χ0v) is 13.6. The Hall–Kier alpha value is -1.75. The molecule has 5 nitrogen and oxygen atoms in total. The molecule has 0 spiro atoms. The summed E-state index contributed by atoms with van der Waals surface area (Å²) in [5.41, 5.74) is -0.200. The molecule has 1 aliphatic heterocycles. The number of ether oxygens (including phenoxy) is 2. The first-order valence-corrected chi connectivity index (χ1v) is 7.85. The lowest BCUT2D eigenvalue weighted by atomic mass is 9.81. The molecule has 1 aromatic carbocycles. The highest BCUT2D eigenvalue weighted by molar-refractivity contribution is 6.20. The molecule has 1 heterocycles. The first-order chi connectivity index (χ1) is 10.6. The van der Waals surface area contributed by atoms with Gasteiger partial charge >= 0.3 is 5.97 Å². The van der Waals surface area contributed by atoms with Crippen molar-refractivity contribution in [3.8, 4) is 5.75 Å². The molecule has 0 saturated carbocycles. The molecule has 120 valence electrons. The zero-order valence-electron chi connectivity index (χ0n) is 12.8. The molecule has 1 saturated heterocycles. The Morgan fingerprint density at radius 1 is 1.18 bits per heavy atom. The van der Waals surface area contributed by atoms with E-state index in [-0.39, 0.29) is 17.8 Å². The number of likely N-dealkylation sites (tertiary alicyclic amines) is 1. The molecule has 6 heteroatoms. The quantitative estimate of drug-likeness (QED) is 0.595. The molecule has 0 unspecified atom stereocenters. The van der Waals surface area contributed by atoms with Crippen LogP contribution in [-0.4, -0.2) is 49.0 Å². The van der Waals surface area contributed by atoms with E-state index in [0.717, 1.165) is 5.75 Å². The van der Waals surface area contributed by atoms with Crippen LogP contribution in [0.5, 0.6) is 5.75 Å². The summed E-state index contributed by atoms with van der Waals surface area (Å²) >= 11 is 5.91. The van der Waals surface area contributed by atoms with Crippen LogP contribution in [0.3, 0.4) is 0 Å². The molecule has 0 aromatic heterocycles. The molecule has 1 amide bonds. The number of esters is 1. The van der Waals surface area contributed by atoms with E-state index in [1.165, 1.54) is 0 Å². The Kier molecular flexibility index (Phi) is 5.29. The van der Waals surface area contributed by atoms with Gasteiger partial charge in [0.15, 0.2) is 0 Å². The molecular formula is C16H20ClNO4. The number of alkyl halides is 1. The Morgan fingerprint density at radius 3 is 2.32 bits per heavy atom. The van der Waals surface area contributed by atoms with Crippen LogP contribution in [0.4, 0.5) is 0 Å². The summed E-state index contributed by atoms with van der Waals surface area (Å²) < 4.78 is 10.4. The van der Waals surface area contributed by atoms with Crippen molar-refractivity contribution in [1.29, 1.82) is 0 Å². The van der Waals surface area contributed by atoms with Gasteiger partial charge in [0, 0.05) is 24.5 Å². The number of halogens is 1. The third-order valence-electron chi connectivity index (χ3n) is 3.65. The van der Waals surface area contributed by atoms with Crippen LogP contribution >= 0.6 is 11.6 Å². The van der Waals surface area contributed by atoms with Gasteiger partial charge in [-0.3, -0.25) is 9.59 Å². The summed E-state index contributed by atoms with van der Waals surface area (Å²) in [5.74, 6) is 0.428. The molecule has 1 aromatic rings. The lowest BCUT2D eigenvalue weighted by Crippen LogP contribution is -2.63. The summed E-state index contributed by atoms with van der Waals surface area (Å²) in [7, 11) is 0. The first-order valence-electron chi connectivity index (χ1n) is 7.31. The number of nitrogens with zero attached hydrogens (tertiary/aromatic N) is 1. The predicted molar refractivity (Wildman–Crippen MR) is 83.3 cm³/mol. The van der Waals surface area contributed by atoms with E-state index in [9.17, 15) is 9.59 Å². The van der Waals surface area contributed by atoms with Crippen LogP contribution in [0.1, 0.15) is 24.2 Å². The van der Waals surface area contributed by atoms with Crippen molar-refractivity contribution in [3.63, 3.8) is 0 Å². The summed E-state index contributed by atoms with van der Waals surface area (Å²) in [6.07, 6.45) is 0. The van der Waals surface area contributed by atoms with Gasteiger partial charge in [-0.25, -0.2) is 0 Å². The van der Waals surface area contributed by atoms with Gasteiger partial charge in [-0.1, -0.05) is 0 Å². The second-order valence-corrected chi connectivity index (χ2v) is 5.52. The predicted octanol–water partition coefficient (Wildman–Crippen LogP) is 2.33. The number of rotatable bonds is 6. The number of amides is 1. The standard InChI is InChI=1S/C16H20ClNO4/c1-3-21-13-7-5-12(6-8-13)14(19)18-10-16(9-17,11-18)15(20)22-4-2/h5-8H,3-4,9-11H2,1-2H3. The van der Waals surface area contributed by atoms with Crippen LogP contribution in [0, 0.1) is 5.41 Å². The van der Waals surface area contributed by atoms with Crippen molar-refractivity contribution in [2.24, 2.45) is 5.41 Å². The fraction of sp³-hybridized carbons (Fsp3) is 0.500. The minimum Gasteiger partial charge on any atom is -0.494 e. The molecule has 0 N–H and O–H groups in total. The average Bonchev–Trinajstić information content (AvgIpc) is 2.48. The summed E-state index contributed by atoms with van der Waals surface area (Å²) in [6.45, 7) is 5.13. The van der Waals surface area contributed by atoms with Gasteiger partial charge in [0.25, 0.3) is 5.91 Å². The molecule has 0 bridgehead atoms. The second-order valence-electron chi connectivity index (χ2n) is 5.25. The fourth-order valence-electron chi connectivity index (χ4n) is 2.42. The van der Waals surface area contributed by atoms with Crippen LogP contribution in [-0.2, 0) is 9.53 Å². The normalized spacial score (nSPS) is 15.9. The maximum absolute atomic E-state index is 12.4. The number of carbonyl (C=O) groups excluding carboxylic acids is 2. The molecule has 22 heavy (non-hydrogen) atoms. The van der Waals surface area contributed by atoms with Gasteiger partial charge in [0.2, 0.25) is 0 Å². The highest BCUT2D eigenvalue weighted by atomic mass is 35.5. The van der Waals surface area contributed by atoms with Gasteiger partial charge < -0.3 is 14.4 Å². The van der Waals surface area contributed by atoms with Gasteiger partial charge in [-0.15, -0.1) is 11.6 Å². The number of hydrogen-bond donors (Lipinski definition) is 0. The minimum absolute atomic E-state index is 0.118. The smallest absolute Gasteiger partial charge is 0.316 e. The lowest BCUT2D eigenvalue weighted by molar-refractivity contribution is -0.162. The van der Waals surface area contributed by atoms with Crippen LogP contribution in [0.2, 0.25) is 0 Å². The molecule has 1 aliphatic rings. The molecule has 0 radical (unpaired) electrons. The molecule has 1 fully saturated rings. The van der Waals surface area contributed by atoms with Crippen molar-refractivity contribution in [3.05, 3.63) is 29.8 Å². The Labute approximate surface area is 135 Å². The van der Waals surface area contributed by atoms with Gasteiger partial charge in [-0.05, 0) is 38.1 Å². The third kappa shape index (κ3) is 3.19. The number of benzene rings is 1. The van der Waals surface area contributed by atoms with Gasteiger partial charge in [-0.2, -0.15) is 0 Å². The topological polar surface area (TPSA) is 55.8 Å². The van der Waals surface area contributed by atoms with Crippen LogP contribution < -0.4 is 4.74 Å². The van der Waals surface area contributed by atoms with Crippen LogP contribution in [0.25, 0.3) is 0 Å². The molecular weight excluding hydrogens is 306 g/mol. The Bertz CT molecular complexity index is 538.